The fourth-order valence-electron chi connectivity index (χ4n) is 1.76. The summed E-state index contributed by atoms with van der Waals surface area (Å²) in [7, 11) is 3.10. The average Bonchev–Trinajstić information content (AvgIpc) is 2.48. The second kappa shape index (κ2) is 9.54. The van der Waals surface area contributed by atoms with Crippen molar-refractivity contribution in [3.05, 3.63) is 22.7 Å². The van der Waals surface area contributed by atoms with Crippen LogP contribution in [-0.2, 0) is 4.74 Å². The number of rotatable bonds is 9. The van der Waals surface area contributed by atoms with Gasteiger partial charge in [0, 0.05) is 19.2 Å². The minimum atomic E-state index is -0.231. The monoisotopic (exact) mass is 329 g/mol. The van der Waals surface area contributed by atoms with E-state index in [0.29, 0.717) is 47.8 Å². The van der Waals surface area contributed by atoms with Crippen LogP contribution in [0.4, 0.5) is 0 Å². The highest BCUT2D eigenvalue weighted by Gasteiger charge is 2.16. The SMILES string of the molecule is COCCNC(=O)c1cc(Cl)c(OCCC(C)C)c(OC)c1. The molecule has 1 amide bonds. The Labute approximate surface area is 136 Å². The quantitative estimate of drug-likeness (QED) is 0.707. The third-order valence-electron chi connectivity index (χ3n) is 3.02. The van der Waals surface area contributed by atoms with Gasteiger partial charge < -0.3 is 19.5 Å². The Kier molecular flexibility index (Phi) is 8.06. The minimum absolute atomic E-state index is 0.231. The zero-order chi connectivity index (χ0) is 16.5. The van der Waals surface area contributed by atoms with Gasteiger partial charge in [0.2, 0.25) is 0 Å². The van der Waals surface area contributed by atoms with Crippen molar-refractivity contribution >= 4 is 17.5 Å². The Balaban J connectivity index is 2.83. The third kappa shape index (κ3) is 5.73. The van der Waals surface area contributed by atoms with Crippen molar-refractivity contribution in [1.29, 1.82) is 0 Å². The zero-order valence-corrected chi connectivity index (χ0v) is 14.3. The van der Waals surface area contributed by atoms with Gasteiger partial charge in [-0.1, -0.05) is 25.4 Å². The summed E-state index contributed by atoms with van der Waals surface area (Å²) in [6, 6.07) is 3.20. The van der Waals surface area contributed by atoms with Crippen molar-refractivity contribution < 1.29 is 19.0 Å². The molecule has 0 bridgehead atoms. The van der Waals surface area contributed by atoms with Crippen LogP contribution in [0.5, 0.6) is 11.5 Å². The second-order valence-corrected chi connectivity index (χ2v) is 5.68. The molecule has 1 rings (SSSR count). The molecule has 0 aliphatic rings. The molecule has 124 valence electrons. The summed E-state index contributed by atoms with van der Waals surface area (Å²) in [6.45, 7) is 5.67. The normalized spacial score (nSPS) is 10.6. The summed E-state index contributed by atoms with van der Waals surface area (Å²) in [5.41, 5.74) is 0.425. The molecule has 0 fully saturated rings. The number of hydrogen-bond acceptors (Lipinski definition) is 4. The first-order valence-electron chi connectivity index (χ1n) is 7.27. The first-order chi connectivity index (χ1) is 10.5. The molecular weight excluding hydrogens is 306 g/mol. The van der Waals surface area contributed by atoms with Crippen molar-refractivity contribution in [2.75, 3.05) is 34.0 Å². The number of ether oxygens (including phenoxy) is 3. The number of methoxy groups -OCH3 is 2. The topological polar surface area (TPSA) is 56.8 Å². The van der Waals surface area contributed by atoms with Gasteiger partial charge in [0.1, 0.15) is 0 Å². The summed E-state index contributed by atoms with van der Waals surface area (Å²) in [6.07, 6.45) is 0.915. The molecule has 0 aliphatic carbocycles. The first kappa shape index (κ1) is 18.6. The van der Waals surface area contributed by atoms with Gasteiger partial charge in [-0.2, -0.15) is 0 Å². The van der Waals surface area contributed by atoms with Crippen LogP contribution < -0.4 is 14.8 Å². The molecule has 0 aromatic heterocycles. The highest BCUT2D eigenvalue weighted by molar-refractivity contribution is 6.32. The number of nitrogens with one attached hydrogen (secondary N) is 1. The van der Waals surface area contributed by atoms with Crippen molar-refractivity contribution in [2.45, 2.75) is 20.3 Å². The van der Waals surface area contributed by atoms with Gasteiger partial charge in [0.25, 0.3) is 5.91 Å². The lowest BCUT2D eigenvalue weighted by molar-refractivity contribution is 0.0936. The van der Waals surface area contributed by atoms with Crippen LogP contribution in [0.15, 0.2) is 12.1 Å². The Bertz CT molecular complexity index is 491. The highest BCUT2D eigenvalue weighted by atomic mass is 35.5. The molecule has 0 saturated heterocycles. The average molecular weight is 330 g/mol. The lowest BCUT2D eigenvalue weighted by atomic mass is 10.1. The molecule has 6 heteroatoms. The van der Waals surface area contributed by atoms with Gasteiger partial charge in [0.15, 0.2) is 11.5 Å². The van der Waals surface area contributed by atoms with Crippen LogP contribution in [0.25, 0.3) is 0 Å². The molecule has 0 spiro atoms. The summed E-state index contributed by atoms with van der Waals surface area (Å²) < 4.78 is 15.9. The highest BCUT2D eigenvalue weighted by Crippen LogP contribution is 2.36. The predicted molar refractivity (Wildman–Crippen MR) is 87.2 cm³/mol. The standard InChI is InChI=1S/C16H24ClNO4/c1-11(2)5-7-22-15-13(17)9-12(10-14(15)21-4)16(19)18-6-8-20-3/h9-11H,5-8H2,1-4H3,(H,18,19). The van der Waals surface area contributed by atoms with E-state index in [9.17, 15) is 4.79 Å². The van der Waals surface area contributed by atoms with E-state index in [1.165, 1.54) is 7.11 Å². The molecule has 0 radical (unpaired) electrons. The third-order valence-corrected chi connectivity index (χ3v) is 3.31. The summed E-state index contributed by atoms with van der Waals surface area (Å²) >= 11 is 6.22. The maximum atomic E-state index is 12.0. The number of hydrogen-bond donors (Lipinski definition) is 1. The lowest BCUT2D eigenvalue weighted by Crippen LogP contribution is -2.27. The number of benzene rings is 1. The van der Waals surface area contributed by atoms with Crippen LogP contribution in [-0.4, -0.2) is 39.9 Å². The number of amides is 1. The van der Waals surface area contributed by atoms with E-state index in [0.717, 1.165) is 6.42 Å². The number of carbonyl (C=O) groups excluding carboxylic acids is 1. The van der Waals surface area contributed by atoms with E-state index < -0.39 is 0 Å². The van der Waals surface area contributed by atoms with Gasteiger partial charge in [-0.15, -0.1) is 0 Å². The fourth-order valence-corrected chi connectivity index (χ4v) is 2.02. The minimum Gasteiger partial charge on any atom is -0.493 e. The van der Waals surface area contributed by atoms with Gasteiger partial charge in [-0.3, -0.25) is 4.79 Å². The van der Waals surface area contributed by atoms with E-state index in [1.54, 1.807) is 19.2 Å². The molecule has 0 aliphatic heterocycles. The van der Waals surface area contributed by atoms with Gasteiger partial charge in [0.05, 0.1) is 25.3 Å². The second-order valence-electron chi connectivity index (χ2n) is 5.27. The van der Waals surface area contributed by atoms with Crippen LogP contribution in [0.3, 0.4) is 0 Å². The smallest absolute Gasteiger partial charge is 0.251 e. The largest absolute Gasteiger partial charge is 0.493 e. The van der Waals surface area contributed by atoms with Crippen molar-refractivity contribution in [2.24, 2.45) is 5.92 Å². The molecule has 1 aromatic rings. The van der Waals surface area contributed by atoms with Crippen LogP contribution in [0.2, 0.25) is 5.02 Å². The van der Waals surface area contributed by atoms with Crippen molar-refractivity contribution in [3.63, 3.8) is 0 Å². The predicted octanol–water partition coefficient (Wildman–Crippen LogP) is 3.15. The Morgan fingerprint density at radius 1 is 1.27 bits per heavy atom. The van der Waals surface area contributed by atoms with Crippen LogP contribution in [0, 0.1) is 5.92 Å². The number of halogens is 1. The molecule has 1 aromatic carbocycles. The summed E-state index contributed by atoms with van der Waals surface area (Å²) in [5, 5.41) is 3.10. The molecule has 0 heterocycles. The van der Waals surface area contributed by atoms with Gasteiger partial charge in [-0.25, -0.2) is 0 Å². The van der Waals surface area contributed by atoms with E-state index >= 15 is 0 Å². The summed E-state index contributed by atoms with van der Waals surface area (Å²) in [5.74, 6) is 1.23. The van der Waals surface area contributed by atoms with E-state index in [2.05, 4.69) is 19.2 Å². The van der Waals surface area contributed by atoms with Gasteiger partial charge >= 0.3 is 0 Å². The van der Waals surface area contributed by atoms with E-state index in [1.807, 2.05) is 0 Å². The first-order valence-corrected chi connectivity index (χ1v) is 7.64. The Hall–Kier alpha value is -1.46. The van der Waals surface area contributed by atoms with Crippen molar-refractivity contribution in [3.8, 4) is 11.5 Å². The molecule has 1 N–H and O–H groups in total. The molecule has 5 nitrogen and oxygen atoms in total. The number of carbonyl (C=O) groups is 1. The molecule has 22 heavy (non-hydrogen) atoms. The van der Waals surface area contributed by atoms with E-state index in [-0.39, 0.29) is 5.91 Å². The fraction of sp³-hybridized carbons (Fsp3) is 0.562. The Morgan fingerprint density at radius 3 is 2.59 bits per heavy atom. The van der Waals surface area contributed by atoms with Crippen molar-refractivity contribution in [1.82, 2.24) is 5.32 Å². The van der Waals surface area contributed by atoms with Crippen LogP contribution >= 0.6 is 11.6 Å². The Morgan fingerprint density at radius 2 is 2.00 bits per heavy atom. The molecule has 0 unspecified atom stereocenters. The van der Waals surface area contributed by atoms with E-state index in [4.69, 9.17) is 25.8 Å². The maximum Gasteiger partial charge on any atom is 0.251 e. The zero-order valence-electron chi connectivity index (χ0n) is 13.6. The maximum absolute atomic E-state index is 12.0. The molecule has 0 saturated carbocycles. The van der Waals surface area contributed by atoms with Gasteiger partial charge in [-0.05, 0) is 24.5 Å². The van der Waals surface area contributed by atoms with Crippen LogP contribution in [0.1, 0.15) is 30.6 Å². The summed E-state index contributed by atoms with van der Waals surface area (Å²) in [4.78, 5) is 12.0. The molecular formula is C16H24ClNO4. The lowest BCUT2D eigenvalue weighted by Gasteiger charge is -2.15. The molecule has 0 atom stereocenters.